The molecule has 2 aliphatic rings. The van der Waals surface area contributed by atoms with E-state index < -0.39 is 39.7 Å². The number of rotatable bonds is 3. The summed E-state index contributed by atoms with van der Waals surface area (Å²) in [5, 5.41) is 0. The molecule has 0 saturated carbocycles. The van der Waals surface area contributed by atoms with Gasteiger partial charge in [-0.3, -0.25) is 4.90 Å². The Morgan fingerprint density at radius 3 is 2.32 bits per heavy atom. The van der Waals surface area contributed by atoms with Gasteiger partial charge in [0.2, 0.25) is 0 Å². The van der Waals surface area contributed by atoms with Crippen LogP contribution < -0.4 is 4.90 Å². The fourth-order valence-electron chi connectivity index (χ4n) is 3.90. The average Bonchev–Trinajstić information content (AvgIpc) is 3.06. The summed E-state index contributed by atoms with van der Waals surface area (Å²) in [5.41, 5.74) is 0.0828. The molecule has 2 saturated heterocycles. The highest BCUT2D eigenvalue weighted by Gasteiger charge is 2.53. The van der Waals surface area contributed by atoms with Gasteiger partial charge in [-0.1, -0.05) is 30.3 Å². The number of sulfone groups is 1. The first-order valence-electron chi connectivity index (χ1n) is 8.67. The van der Waals surface area contributed by atoms with E-state index in [1.807, 2.05) is 0 Å². The van der Waals surface area contributed by atoms with Crippen molar-refractivity contribution in [2.75, 3.05) is 16.4 Å². The Kier molecular flexibility index (Phi) is 4.37. The number of carbonyl (C=O) groups is 1. The van der Waals surface area contributed by atoms with Crippen LogP contribution in [0.3, 0.4) is 0 Å². The topological polar surface area (TPSA) is 57.7 Å². The van der Waals surface area contributed by atoms with Crippen LogP contribution in [0.5, 0.6) is 0 Å². The van der Waals surface area contributed by atoms with Crippen LogP contribution >= 0.6 is 0 Å². The molecular weight excluding hydrogens is 393 g/mol. The molecule has 0 aromatic heterocycles. The Morgan fingerprint density at radius 2 is 1.64 bits per heavy atom. The van der Waals surface area contributed by atoms with Gasteiger partial charge in [-0.25, -0.2) is 13.2 Å². The second kappa shape index (κ2) is 6.51. The Morgan fingerprint density at radius 1 is 0.964 bits per heavy atom. The Balaban J connectivity index is 1.68. The van der Waals surface area contributed by atoms with E-state index in [2.05, 4.69) is 0 Å². The molecule has 2 aromatic rings. The zero-order valence-electron chi connectivity index (χ0n) is 14.6. The third-order valence-electron chi connectivity index (χ3n) is 5.12. The van der Waals surface area contributed by atoms with Crippen LogP contribution in [0.15, 0.2) is 54.6 Å². The molecular formula is C19H17F3N2O3S. The number of amides is 2. The van der Waals surface area contributed by atoms with Crippen LogP contribution in [-0.2, 0) is 22.6 Å². The number of fused-ring (bicyclic) bond motifs is 1. The van der Waals surface area contributed by atoms with E-state index in [1.165, 1.54) is 21.9 Å². The molecule has 28 heavy (non-hydrogen) atoms. The minimum absolute atomic E-state index is 0.0806. The van der Waals surface area contributed by atoms with Crippen LogP contribution in [-0.4, -0.2) is 42.9 Å². The lowest BCUT2D eigenvalue weighted by atomic mass is 10.1. The molecule has 2 heterocycles. The maximum absolute atomic E-state index is 13.1. The minimum Gasteiger partial charge on any atom is -0.314 e. The Hall–Kier alpha value is -2.55. The first-order valence-corrected chi connectivity index (χ1v) is 10.5. The number of hydrogen-bond donors (Lipinski definition) is 0. The summed E-state index contributed by atoms with van der Waals surface area (Å²) in [6.07, 6.45) is -4.49. The predicted molar refractivity (Wildman–Crippen MR) is 97.5 cm³/mol. The van der Waals surface area contributed by atoms with Crippen LogP contribution in [0.25, 0.3) is 0 Å². The molecule has 2 atom stereocenters. The van der Waals surface area contributed by atoms with Gasteiger partial charge in [-0.05, 0) is 29.8 Å². The second-order valence-electron chi connectivity index (χ2n) is 7.03. The number of nitrogens with zero attached hydrogens (tertiary/aromatic N) is 2. The van der Waals surface area contributed by atoms with Gasteiger partial charge >= 0.3 is 12.2 Å². The number of anilines is 1. The van der Waals surface area contributed by atoms with Gasteiger partial charge in [0.15, 0.2) is 9.84 Å². The van der Waals surface area contributed by atoms with Crippen molar-refractivity contribution < 1.29 is 26.4 Å². The number of benzene rings is 2. The molecule has 148 valence electrons. The highest BCUT2D eigenvalue weighted by Crippen LogP contribution is 2.36. The first kappa shape index (κ1) is 18.8. The smallest absolute Gasteiger partial charge is 0.314 e. The van der Waals surface area contributed by atoms with Crippen LogP contribution in [0, 0.1) is 0 Å². The van der Waals surface area contributed by atoms with E-state index in [4.69, 9.17) is 0 Å². The van der Waals surface area contributed by atoms with Crippen LogP contribution in [0.1, 0.15) is 11.1 Å². The summed E-state index contributed by atoms with van der Waals surface area (Å²) >= 11 is 0. The third-order valence-corrected chi connectivity index (χ3v) is 6.82. The summed E-state index contributed by atoms with van der Waals surface area (Å²) in [6, 6.07) is 11.9. The van der Waals surface area contributed by atoms with Gasteiger partial charge < -0.3 is 4.90 Å². The maximum atomic E-state index is 13.1. The molecule has 0 aliphatic carbocycles. The molecule has 5 nitrogen and oxygen atoms in total. The van der Waals surface area contributed by atoms with Gasteiger partial charge in [0.1, 0.15) is 0 Å². The summed E-state index contributed by atoms with van der Waals surface area (Å²) in [5.74, 6) is -0.344. The summed E-state index contributed by atoms with van der Waals surface area (Å²) in [4.78, 5) is 15.9. The largest absolute Gasteiger partial charge is 0.416 e. The maximum Gasteiger partial charge on any atom is 0.416 e. The highest BCUT2D eigenvalue weighted by atomic mass is 32.2. The van der Waals surface area contributed by atoms with Crippen molar-refractivity contribution in [3.05, 3.63) is 65.7 Å². The molecule has 0 radical (unpaired) electrons. The molecule has 9 heteroatoms. The molecule has 2 aliphatic heterocycles. The first-order chi connectivity index (χ1) is 13.2. The van der Waals surface area contributed by atoms with Crippen molar-refractivity contribution in [2.45, 2.75) is 24.8 Å². The Labute approximate surface area is 160 Å². The number of para-hydroxylation sites is 1. The van der Waals surface area contributed by atoms with E-state index in [1.54, 1.807) is 30.3 Å². The SMILES string of the molecule is O=C1N(Cc2cccc(C(F)(F)F)c2)[C@H]2CS(=O)(=O)C[C@@H]2N1c1ccccc1. The quantitative estimate of drug-likeness (QED) is 0.730. The Bertz CT molecular complexity index is 1010. The zero-order chi connectivity index (χ0) is 20.1. The van der Waals surface area contributed by atoms with E-state index >= 15 is 0 Å². The molecule has 0 unspecified atom stereocenters. The summed E-state index contributed by atoms with van der Waals surface area (Å²) in [7, 11) is -3.34. The van der Waals surface area contributed by atoms with Crippen molar-refractivity contribution in [3.8, 4) is 0 Å². The van der Waals surface area contributed by atoms with Crippen molar-refractivity contribution in [1.82, 2.24) is 4.90 Å². The number of carbonyl (C=O) groups excluding carboxylic acids is 1. The molecule has 4 rings (SSSR count). The summed E-state index contributed by atoms with van der Waals surface area (Å²) < 4.78 is 63.4. The predicted octanol–water partition coefficient (Wildman–Crippen LogP) is 3.31. The van der Waals surface area contributed by atoms with Crippen molar-refractivity contribution in [1.29, 1.82) is 0 Å². The van der Waals surface area contributed by atoms with Gasteiger partial charge in [0.25, 0.3) is 0 Å². The van der Waals surface area contributed by atoms with Crippen molar-refractivity contribution in [2.24, 2.45) is 0 Å². The lowest BCUT2D eigenvalue weighted by Gasteiger charge is -2.23. The lowest BCUT2D eigenvalue weighted by molar-refractivity contribution is -0.137. The molecule has 2 amide bonds. The molecule has 0 spiro atoms. The standard InChI is InChI=1S/C19H17F3N2O3S/c20-19(21,22)14-6-4-5-13(9-14)10-23-16-11-28(26,27)12-17(16)24(18(23)25)15-7-2-1-3-8-15/h1-9,16-17H,10-12H2/t16-,17-/m0/s1. The monoisotopic (exact) mass is 410 g/mol. The van der Waals surface area contributed by atoms with Crippen molar-refractivity contribution >= 4 is 21.6 Å². The minimum atomic E-state index is -4.49. The molecule has 0 bridgehead atoms. The average molecular weight is 410 g/mol. The van der Waals surface area contributed by atoms with Crippen LogP contribution in [0.2, 0.25) is 0 Å². The number of halogens is 3. The molecule has 0 N–H and O–H groups in total. The van der Waals surface area contributed by atoms with E-state index in [0.29, 0.717) is 11.3 Å². The fourth-order valence-corrected chi connectivity index (χ4v) is 5.85. The zero-order valence-corrected chi connectivity index (χ0v) is 15.4. The number of alkyl halides is 3. The van der Waals surface area contributed by atoms with Gasteiger partial charge in [0, 0.05) is 12.2 Å². The number of urea groups is 1. The number of hydrogen-bond acceptors (Lipinski definition) is 3. The molecule has 2 aromatic carbocycles. The second-order valence-corrected chi connectivity index (χ2v) is 9.18. The normalized spacial score (nSPS) is 23.9. The van der Waals surface area contributed by atoms with E-state index in [0.717, 1.165) is 12.1 Å². The highest BCUT2D eigenvalue weighted by molar-refractivity contribution is 7.91. The molecule has 2 fully saturated rings. The lowest BCUT2D eigenvalue weighted by Crippen LogP contribution is -2.37. The summed E-state index contributed by atoms with van der Waals surface area (Å²) in [6.45, 7) is -0.0806. The van der Waals surface area contributed by atoms with Gasteiger partial charge in [-0.15, -0.1) is 0 Å². The van der Waals surface area contributed by atoms with Gasteiger partial charge in [-0.2, -0.15) is 13.2 Å². The fraction of sp³-hybridized carbons (Fsp3) is 0.316. The van der Waals surface area contributed by atoms with E-state index in [-0.39, 0.29) is 18.1 Å². The van der Waals surface area contributed by atoms with E-state index in [9.17, 15) is 26.4 Å². The van der Waals surface area contributed by atoms with Gasteiger partial charge in [0.05, 0.1) is 29.2 Å². The van der Waals surface area contributed by atoms with Crippen molar-refractivity contribution in [3.63, 3.8) is 0 Å². The van der Waals surface area contributed by atoms with Crippen LogP contribution in [0.4, 0.5) is 23.7 Å². The third kappa shape index (κ3) is 3.34.